The predicted octanol–water partition coefficient (Wildman–Crippen LogP) is 3.04. The van der Waals surface area contributed by atoms with Crippen LogP contribution in [-0.2, 0) is 15.3 Å². The molecule has 1 atom stereocenters. The molecule has 4 nitrogen and oxygen atoms in total. The molecule has 0 spiro atoms. The van der Waals surface area contributed by atoms with E-state index in [1.54, 1.807) is 7.11 Å². The van der Waals surface area contributed by atoms with E-state index in [0.717, 1.165) is 22.1 Å². The number of hydrogen-bond donors (Lipinski definition) is 1. The third kappa shape index (κ3) is 2.68. The van der Waals surface area contributed by atoms with E-state index < -0.39 is 17.3 Å². The van der Waals surface area contributed by atoms with Crippen molar-refractivity contribution in [2.24, 2.45) is 0 Å². The molecule has 1 heterocycles. The zero-order chi connectivity index (χ0) is 15.7. The topological polar surface area (TPSA) is 47.9 Å². The summed E-state index contributed by atoms with van der Waals surface area (Å²) in [6, 6.07) is 11.8. The molecule has 1 saturated heterocycles. The first kappa shape index (κ1) is 15.6. The van der Waals surface area contributed by atoms with Crippen molar-refractivity contribution in [3.8, 4) is 5.75 Å². The van der Waals surface area contributed by atoms with E-state index in [9.17, 15) is 5.11 Å². The van der Waals surface area contributed by atoms with Crippen LogP contribution in [0.1, 0.15) is 12.5 Å². The fraction of sp³-hybridized carbons (Fsp3) is 0.412. The number of aliphatic hydroxyl groups excluding tert-OH is 1. The van der Waals surface area contributed by atoms with Crippen LogP contribution >= 0.6 is 11.6 Å². The Morgan fingerprint density at radius 2 is 1.82 bits per heavy atom. The lowest BCUT2D eigenvalue weighted by atomic mass is 9.97. The molecule has 22 heavy (non-hydrogen) atoms. The minimum Gasteiger partial charge on any atom is -0.497 e. The number of aliphatic hydroxyl groups is 1. The fourth-order valence-corrected chi connectivity index (χ4v) is 2.98. The minimum absolute atomic E-state index is 0.206. The van der Waals surface area contributed by atoms with Crippen LogP contribution in [0.3, 0.4) is 0 Å². The lowest BCUT2D eigenvalue weighted by Gasteiger charge is -2.41. The number of fused-ring (bicyclic) bond motifs is 1. The highest BCUT2D eigenvalue weighted by molar-refractivity contribution is 6.21. The van der Waals surface area contributed by atoms with E-state index in [0.29, 0.717) is 0 Å². The summed E-state index contributed by atoms with van der Waals surface area (Å²) in [6.45, 7) is 2.24. The highest BCUT2D eigenvalue weighted by atomic mass is 35.5. The van der Waals surface area contributed by atoms with Crippen LogP contribution in [0.2, 0.25) is 0 Å². The molecule has 1 N–H and O–H groups in total. The van der Waals surface area contributed by atoms with Crippen molar-refractivity contribution < 1.29 is 19.3 Å². The Hall–Kier alpha value is -1.33. The van der Waals surface area contributed by atoms with Crippen LogP contribution in [0.15, 0.2) is 36.4 Å². The Morgan fingerprint density at radius 1 is 1.18 bits per heavy atom. The average Bonchev–Trinajstić information content (AvgIpc) is 2.54. The Balaban J connectivity index is 2.03. The molecule has 1 fully saturated rings. The largest absolute Gasteiger partial charge is 0.497 e. The molecule has 0 saturated carbocycles. The summed E-state index contributed by atoms with van der Waals surface area (Å²) in [5, 5.41) is 11.3. The van der Waals surface area contributed by atoms with Crippen molar-refractivity contribution in [3.05, 3.63) is 42.0 Å². The molecule has 5 heteroatoms. The lowest BCUT2D eigenvalue weighted by Crippen LogP contribution is -2.48. The van der Waals surface area contributed by atoms with Crippen molar-refractivity contribution >= 4 is 22.4 Å². The molecule has 2 aromatic rings. The monoisotopic (exact) mass is 322 g/mol. The summed E-state index contributed by atoms with van der Waals surface area (Å²) in [7, 11) is 1.65. The van der Waals surface area contributed by atoms with Gasteiger partial charge in [0.05, 0.1) is 25.7 Å². The third-order valence-corrected chi connectivity index (χ3v) is 4.24. The number of rotatable bonds is 3. The number of hydrogen-bond acceptors (Lipinski definition) is 4. The molecule has 1 unspecified atom stereocenters. The standard InChI is InChI=1S/C17H19ClO4/c1-11(18)17(21-9-15(19)10-22-17)14-5-3-13-8-16(20-2)6-4-12(13)7-14/h3-8,11,15,19H,9-10H2,1-2H3. The molecule has 0 aliphatic carbocycles. The molecule has 2 aromatic carbocycles. The molecule has 0 aromatic heterocycles. The van der Waals surface area contributed by atoms with Crippen molar-refractivity contribution in [1.29, 1.82) is 0 Å². The number of halogens is 1. The molecule has 3 rings (SSSR count). The second-order valence-corrected chi connectivity index (χ2v) is 6.14. The number of ether oxygens (including phenoxy) is 3. The highest BCUT2D eigenvalue weighted by Gasteiger charge is 2.43. The van der Waals surface area contributed by atoms with Crippen LogP contribution < -0.4 is 4.74 Å². The third-order valence-electron chi connectivity index (χ3n) is 3.95. The van der Waals surface area contributed by atoms with Gasteiger partial charge < -0.3 is 19.3 Å². The zero-order valence-electron chi connectivity index (χ0n) is 12.6. The van der Waals surface area contributed by atoms with Crippen LogP contribution in [0.4, 0.5) is 0 Å². The number of alkyl halides is 1. The minimum atomic E-state index is -1.03. The van der Waals surface area contributed by atoms with Gasteiger partial charge in [-0.3, -0.25) is 0 Å². The van der Waals surface area contributed by atoms with Gasteiger partial charge in [-0.25, -0.2) is 0 Å². The van der Waals surface area contributed by atoms with Gasteiger partial charge >= 0.3 is 0 Å². The number of methoxy groups -OCH3 is 1. The SMILES string of the molecule is COc1ccc2cc(C3(C(C)Cl)OCC(O)CO3)ccc2c1. The molecule has 0 bridgehead atoms. The van der Waals surface area contributed by atoms with Gasteiger partial charge in [-0.05, 0) is 35.9 Å². The predicted molar refractivity (Wildman–Crippen MR) is 85.4 cm³/mol. The summed E-state index contributed by atoms with van der Waals surface area (Å²) in [4.78, 5) is 0. The molecule has 0 amide bonds. The van der Waals surface area contributed by atoms with Crippen molar-refractivity contribution in [3.63, 3.8) is 0 Å². The summed E-state index contributed by atoms with van der Waals surface area (Å²) in [5.74, 6) is -0.219. The Bertz CT molecular complexity index is 663. The molecule has 1 aliphatic heterocycles. The van der Waals surface area contributed by atoms with E-state index in [4.69, 9.17) is 25.8 Å². The van der Waals surface area contributed by atoms with Gasteiger partial charge in [0.15, 0.2) is 0 Å². The van der Waals surface area contributed by atoms with E-state index in [1.165, 1.54) is 0 Å². The smallest absolute Gasteiger partial charge is 0.211 e. The Morgan fingerprint density at radius 3 is 2.45 bits per heavy atom. The van der Waals surface area contributed by atoms with E-state index >= 15 is 0 Å². The maximum absolute atomic E-state index is 9.59. The Labute approximate surface area is 134 Å². The second kappa shape index (κ2) is 6.05. The van der Waals surface area contributed by atoms with E-state index in [1.807, 2.05) is 43.3 Å². The summed E-state index contributed by atoms with van der Waals surface area (Å²) in [5.41, 5.74) is 0.847. The van der Waals surface area contributed by atoms with E-state index in [2.05, 4.69) is 0 Å². The molecular weight excluding hydrogens is 304 g/mol. The highest BCUT2D eigenvalue weighted by Crippen LogP contribution is 2.38. The van der Waals surface area contributed by atoms with Gasteiger partial charge in [-0.2, -0.15) is 0 Å². The van der Waals surface area contributed by atoms with Crippen molar-refractivity contribution in [2.75, 3.05) is 20.3 Å². The van der Waals surface area contributed by atoms with Gasteiger partial charge in [0, 0.05) is 5.56 Å². The maximum Gasteiger partial charge on any atom is 0.211 e. The zero-order valence-corrected chi connectivity index (χ0v) is 13.3. The first-order valence-electron chi connectivity index (χ1n) is 7.23. The van der Waals surface area contributed by atoms with Crippen LogP contribution in [0, 0.1) is 0 Å². The van der Waals surface area contributed by atoms with Gasteiger partial charge in [0.25, 0.3) is 0 Å². The maximum atomic E-state index is 9.59. The van der Waals surface area contributed by atoms with Gasteiger partial charge in [0.1, 0.15) is 11.9 Å². The van der Waals surface area contributed by atoms with Crippen LogP contribution in [-0.4, -0.2) is 36.9 Å². The Kier molecular flexibility index (Phi) is 4.28. The van der Waals surface area contributed by atoms with Gasteiger partial charge in [-0.15, -0.1) is 11.6 Å². The summed E-state index contributed by atoms with van der Waals surface area (Å²) >= 11 is 6.34. The molecule has 118 valence electrons. The average molecular weight is 323 g/mol. The van der Waals surface area contributed by atoms with Crippen molar-refractivity contribution in [1.82, 2.24) is 0 Å². The summed E-state index contributed by atoms with van der Waals surface area (Å²) in [6.07, 6.45) is -0.617. The number of benzene rings is 2. The fourth-order valence-electron chi connectivity index (χ4n) is 2.72. The van der Waals surface area contributed by atoms with Crippen molar-refractivity contribution in [2.45, 2.75) is 24.2 Å². The molecule has 0 radical (unpaired) electrons. The quantitative estimate of drug-likeness (QED) is 0.882. The van der Waals surface area contributed by atoms with Gasteiger partial charge in [-0.1, -0.05) is 18.2 Å². The molecular formula is C17H19ClO4. The molecule has 1 aliphatic rings. The first-order chi connectivity index (χ1) is 10.5. The first-order valence-corrected chi connectivity index (χ1v) is 7.67. The second-order valence-electron chi connectivity index (χ2n) is 5.49. The summed E-state index contributed by atoms with van der Waals surface area (Å²) < 4.78 is 16.8. The normalized spacial score (nSPS) is 26.8. The van der Waals surface area contributed by atoms with Crippen LogP contribution in [0.5, 0.6) is 5.75 Å². The van der Waals surface area contributed by atoms with Crippen LogP contribution in [0.25, 0.3) is 10.8 Å². The van der Waals surface area contributed by atoms with E-state index in [-0.39, 0.29) is 13.2 Å². The lowest BCUT2D eigenvalue weighted by molar-refractivity contribution is -0.300. The van der Waals surface area contributed by atoms with Gasteiger partial charge in [0.2, 0.25) is 5.79 Å².